The van der Waals surface area contributed by atoms with Crippen LogP contribution in [-0.2, 0) is 21.5 Å². The highest BCUT2D eigenvalue weighted by Gasteiger charge is 2.39. The van der Waals surface area contributed by atoms with Gasteiger partial charge in [-0.25, -0.2) is 0 Å². The number of amides is 1. The molecule has 2 aromatic rings. The summed E-state index contributed by atoms with van der Waals surface area (Å²) in [4.78, 5) is 14.4. The van der Waals surface area contributed by atoms with Gasteiger partial charge in [-0.2, -0.15) is 0 Å². The zero-order valence-electron chi connectivity index (χ0n) is 18.4. The first kappa shape index (κ1) is 21.6. The van der Waals surface area contributed by atoms with E-state index in [2.05, 4.69) is 57.2 Å². The average molecular weight is 394 g/mol. The molecule has 1 aliphatic rings. The molecule has 1 fully saturated rings. The van der Waals surface area contributed by atoms with Gasteiger partial charge in [0.25, 0.3) is 0 Å². The van der Waals surface area contributed by atoms with Crippen molar-refractivity contribution in [2.75, 3.05) is 13.2 Å². The monoisotopic (exact) mass is 393 g/mol. The van der Waals surface area contributed by atoms with Crippen LogP contribution in [0, 0.1) is 12.8 Å². The Morgan fingerprint density at radius 1 is 1.14 bits per heavy atom. The lowest BCUT2D eigenvalue weighted by atomic mass is 9.68. The number of rotatable bonds is 7. The molecule has 1 saturated heterocycles. The van der Waals surface area contributed by atoms with E-state index < -0.39 is 0 Å². The van der Waals surface area contributed by atoms with E-state index in [9.17, 15) is 4.79 Å². The fourth-order valence-electron chi connectivity index (χ4n) is 4.42. The van der Waals surface area contributed by atoms with Crippen LogP contribution < -0.4 is 0 Å². The van der Waals surface area contributed by atoms with Gasteiger partial charge in [0.15, 0.2) is 0 Å². The molecule has 0 aliphatic carbocycles. The summed E-state index contributed by atoms with van der Waals surface area (Å²) in [5.74, 6) is 0.633. The Morgan fingerprint density at radius 3 is 2.45 bits per heavy atom. The molecule has 3 nitrogen and oxygen atoms in total. The lowest BCUT2D eigenvalue weighted by molar-refractivity contribution is -0.130. The van der Waals surface area contributed by atoms with Crippen LogP contribution in [0.5, 0.6) is 0 Å². The minimum Gasteiger partial charge on any atom is -0.378 e. The molecule has 0 N–H and O–H groups in total. The Morgan fingerprint density at radius 2 is 1.83 bits per heavy atom. The SMILES string of the molecule is CC(=O)N(CC[C@@]1(c2ccc(C)cc2)CCO[C@H](C(C)C)C1)Cc1ccccc1. The predicted molar refractivity (Wildman–Crippen MR) is 119 cm³/mol. The van der Waals surface area contributed by atoms with Gasteiger partial charge in [-0.3, -0.25) is 4.79 Å². The summed E-state index contributed by atoms with van der Waals surface area (Å²) >= 11 is 0. The number of aryl methyl sites for hydroxylation is 1. The van der Waals surface area contributed by atoms with Gasteiger partial charge in [0.05, 0.1) is 6.10 Å². The molecule has 0 spiro atoms. The van der Waals surface area contributed by atoms with E-state index >= 15 is 0 Å². The number of hydrogen-bond donors (Lipinski definition) is 0. The van der Waals surface area contributed by atoms with Crippen molar-refractivity contribution in [2.24, 2.45) is 5.92 Å². The Hall–Kier alpha value is -2.13. The molecule has 2 aromatic carbocycles. The number of carbonyl (C=O) groups excluding carboxylic acids is 1. The topological polar surface area (TPSA) is 29.5 Å². The summed E-state index contributed by atoms with van der Waals surface area (Å²) in [5, 5.41) is 0. The van der Waals surface area contributed by atoms with Crippen LogP contribution in [0.4, 0.5) is 0 Å². The van der Waals surface area contributed by atoms with Crippen LogP contribution in [0.15, 0.2) is 54.6 Å². The molecular formula is C26H35NO2. The van der Waals surface area contributed by atoms with Crippen molar-refractivity contribution < 1.29 is 9.53 Å². The van der Waals surface area contributed by atoms with Crippen LogP contribution in [0.3, 0.4) is 0 Å². The van der Waals surface area contributed by atoms with Crippen molar-refractivity contribution >= 4 is 5.91 Å². The van der Waals surface area contributed by atoms with E-state index in [-0.39, 0.29) is 17.4 Å². The van der Waals surface area contributed by atoms with Crippen molar-refractivity contribution in [3.8, 4) is 0 Å². The molecule has 1 aliphatic heterocycles. The molecule has 0 bridgehead atoms. The van der Waals surface area contributed by atoms with Crippen molar-refractivity contribution in [3.63, 3.8) is 0 Å². The molecular weight excluding hydrogens is 358 g/mol. The normalized spacial score (nSPS) is 21.9. The van der Waals surface area contributed by atoms with Gasteiger partial charge in [-0.1, -0.05) is 74.0 Å². The summed E-state index contributed by atoms with van der Waals surface area (Å²) in [6, 6.07) is 19.3. The summed E-state index contributed by atoms with van der Waals surface area (Å²) in [6.07, 6.45) is 3.26. The molecule has 0 saturated carbocycles. The highest BCUT2D eigenvalue weighted by atomic mass is 16.5. The summed E-state index contributed by atoms with van der Waals surface area (Å²) in [7, 11) is 0. The molecule has 0 radical (unpaired) electrons. The maximum atomic E-state index is 12.4. The largest absolute Gasteiger partial charge is 0.378 e. The Bertz CT molecular complexity index is 784. The predicted octanol–water partition coefficient (Wildman–Crippen LogP) is 5.51. The van der Waals surface area contributed by atoms with Crippen molar-refractivity contribution in [1.82, 2.24) is 4.90 Å². The minimum absolute atomic E-state index is 0.0608. The summed E-state index contributed by atoms with van der Waals surface area (Å²) < 4.78 is 6.11. The molecule has 1 heterocycles. The van der Waals surface area contributed by atoms with E-state index in [4.69, 9.17) is 4.74 Å². The first-order valence-electron chi connectivity index (χ1n) is 10.9. The van der Waals surface area contributed by atoms with Gasteiger partial charge >= 0.3 is 0 Å². The molecule has 2 atom stereocenters. The third-order valence-corrected chi connectivity index (χ3v) is 6.43. The van der Waals surface area contributed by atoms with Gasteiger partial charge in [0.1, 0.15) is 0 Å². The Labute approximate surface area is 176 Å². The average Bonchev–Trinajstić information content (AvgIpc) is 2.72. The fraction of sp³-hybridized carbons (Fsp3) is 0.500. The number of benzene rings is 2. The van der Waals surface area contributed by atoms with Crippen LogP contribution in [-0.4, -0.2) is 30.1 Å². The minimum atomic E-state index is 0.0608. The quantitative estimate of drug-likeness (QED) is 0.621. The molecule has 29 heavy (non-hydrogen) atoms. The third kappa shape index (κ3) is 5.48. The van der Waals surface area contributed by atoms with Crippen LogP contribution in [0.25, 0.3) is 0 Å². The molecule has 1 amide bonds. The van der Waals surface area contributed by atoms with Crippen LogP contribution in [0.2, 0.25) is 0 Å². The van der Waals surface area contributed by atoms with E-state index in [1.54, 1.807) is 6.92 Å². The van der Waals surface area contributed by atoms with Gasteiger partial charge in [0.2, 0.25) is 5.91 Å². The standard InChI is InChI=1S/C26H35NO2/c1-20(2)25-18-26(15-17-29-25,24-12-10-21(3)11-13-24)14-16-27(22(4)28)19-23-8-6-5-7-9-23/h5-13,20,25H,14-19H2,1-4H3/t25-,26+/m0/s1. The molecule has 3 rings (SSSR count). The number of nitrogens with zero attached hydrogens (tertiary/aromatic N) is 1. The first-order chi connectivity index (χ1) is 13.9. The second-order valence-electron chi connectivity index (χ2n) is 8.93. The second kappa shape index (κ2) is 9.58. The van der Waals surface area contributed by atoms with E-state index in [0.29, 0.717) is 12.5 Å². The first-order valence-corrected chi connectivity index (χ1v) is 10.9. The number of ether oxygens (including phenoxy) is 1. The van der Waals surface area contributed by atoms with E-state index in [0.717, 1.165) is 32.4 Å². The molecule has 0 aromatic heterocycles. The van der Waals surface area contributed by atoms with Crippen LogP contribution in [0.1, 0.15) is 56.7 Å². The third-order valence-electron chi connectivity index (χ3n) is 6.43. The maximum Gasteiger partial charge on any atom is 0.219 e. The smallest absolute Gasteiger partial charge is 0.219 e. The van der Waals surface area contributed by atoms with Gasteiger partial charge in [-0.15, -0.1) is 0 Å². The Kier molecular flexibility index (Phi) is 7.13. The highest BCUT2D eigenvalue weighted by Crippen LogP contribution is 2.42. The van der Waals surface area contributed by atoms with Crippen molar-refractivity contribution in [3.05, 3.63) is 71.3 Å². The molecule has 3 heteroatoms. The van der Waals surface area contributed by atoms with Crippen molar-refractivity contribution in [2.45, 2.75) is 65.0 Å². The van der Waals surface area contributed by atoms with E-state index in [1.165, 1.54) is 16.7 Å². The van der Waals surface area contributed by atoms with Gasteiger partial charge < -0.3 is 9.64 Å². The lowest BCUT2D eigenvalue weighted by Gasteiger charge is -2.44. The number of hydrogen-bond acceptors (Lipinski definition) is 2. The fourth-order valence-corrected chi connectivity index (χ4v) is 4.42. The Balaban J connectivity index is 1.82. The molecule has 156 valence electrons. The highest BCUT2D eigenvalue weighted by molar-refractivity contribution is 5.73. The van der Waals surface area contributed by atoms with E-state index in [1.807, 2.05) is 23.1 Å². The summed E-state index contributed by atoms with van der Waals surface area (Å²) in [5.41, 5.74) is 3.91. The number of carbonyl (C=O) groups is 1. The molecule has 0 unspecified atom stereocenters. The van der Waals surface area contributed by atoms with Gasteiger partial charge in [0, 0.05) is 32.0 Å². The second-order valence-corrected chi connectivity index (χ2v) is 8.93. The van der Waals surface area contributed by atoms with Gasteiger partial charge in [-0.05, 0) is 43.2 Å². The zero-order chi connectivity index (χ0) is 20.9. The lowest BCUT2D eigenvalue weighted by Crippen LogP contribution is -2.43. The maximum absolute atomic E-state index is 12.4. The van der Waals surface area contributed by atoms with Crippen molar-refractivity contribution in [1.29, 1.82) is 0 Å². The zero-order valence-corrected chi connectivity index (χ0v) is 18.4. The van der Waals surface area contributed by atoms with Crippen LogP contribution >= 0.6 is 0 Å². The summed E-state index contributed by atoms with van der Waals surface area (Å²) in [6.45, 7) is 10.5.